The number of ether oxygens (including phenoxy) is 2. The Morgan fingerprint density at radius 1 is 1.00 bits per heavy atom. The predicted molar refractivity (Wildman–Crippen MR) is 81.2 cm³/mol. The summed E-state index contributed by atoms with van der Waals surface area (Å²) in [5.74, 6) is -0.525. The fourth-order valence-electron chi connectivity index (χ4n) is 4.98. The first kappa shape index (κ1) is 14.9. The predicted octanol–water partition coefficient (Wildman–Crippen LogP) is 4.23. The van der Waals surface area contributed by atoms with Gasteiger partial charge in [0.25, 0.3) is 0 Å². The van der Waals surface area contributed by atoms with Crippen molar-refractivity contribution in [1.29, 1.82) is 0 Å². The summed E-state index contributed by atoms with van der Waals surface area (Å²) in [5.41, 5.74) is -0.596. The highest BCUT2D eigenvalue weighted by atomic mass is 17.0. The van der Waals surface area contributed by atoms with Crippen LogP contribution in [0.15, 0.2) is 0 Å². The van der Waals surface area contributed by atoms with Gasteiger partial charge in [0.1, 0.15) is 0 Å². The number of carboxylic acids is 1. The van der Waals surface area contributed by atoms with Crippen molar-refractivity contribution in [3.05, 3.63) is 0 Å². The maximum absolute atomic E-state index is 11.8. The van der Waals surface area contributed by atoms with Crippen molar-refractivity contribution in [1.82, 2.24) is 0 Å². The van der Waals surface area contributed by atoms with Crippen LogP contribution in [0.25, 0.3) is 0 Å². The lowest BCUT2D eigenvalue weighted by atomic mass is 9.71. The molecule has 1 N–H and O–H groups in total. The number of epoxide rings is 2. The number of carboxylic acid groups (broad SMARTS) is 1. The Morgan fingerprint density at radius 3 is 2.45 bits per heavy atom. The molecule has 0 aromatic heterocycles. The van der Waals surface area contributed by atoms with Gasteiger partial charge in [0.2, 0.25) is 11.6 Å². The maximum Gasteiger partial charge on any atom is 0.309 e. The highest BCUT2D eigenvalue weighted by molar-refractivity contribution is 5.75. The SMILES string of the molecule is O=C(O)C1(CCCCCC2CCCCC2)CCC23OC2(C1)O3. The molecule has 2 aliphatic heterocycles. The Balaban J connectivity index is 1.21. The molecular weight excluding hydrogens is 280 g/mol. The fraction of sp³-hybridized carbons (Fsp3) is 0.944. The number of rotatable bonds is 7. The standard InChI is InChI=1S/C18H28O4/c19-15(20)16(11-12-17-18(13-16,21-17)22-17)10-6-2-5-9-14-7-3-1-4-8-14/h14H,1-13H2,(H,19,20). The number of unbranched alkanes of at least 4 members (excludes halogenated alkanes) is 2. The second-order valence-electron chi connectivity index (χ2n) is 8.08. The summed E-state index contributed by atoms with van der Waals surface area (Å²) < 4.78 is 11.1. The lowest BCUT2D eigenvalue weighted by molar-refractivity contribution is -0.153. The first-order valence-electron chi connectivity index (χ1n) is 9.24. The molecule has 0 spiro atoms. The minimum atomic E-state index is -0.645. The molecule has 0 aromatic rings. The van der Waals surface area contributed by atoms with Crippen molar-refractivity contribution in [2.45, 2.75) is 95.0 Å². The Bertz CT molecular complexity index is 448. The molecule has 124 valence electrons. The van der Waals surface area contributed by atoms with Crippen molar-refractivity contribution >= 4 is 5.97 Å². The third-order valence-corrected chi connectivity index (χ3v) is 6.61. The third kappa shape index (κ3) is 2.39. The molecular formula is C18H28O4. The molecule has 2 aliphatic carbocycles. The van der Waals surface area contributed by atoms with Crippen molar-refractivity contribution < 1.29 is 19.4 Å². The van der Waals surface area contributed by atoms with Crippen molar-refractivity contribution in [3.8, 4) is 0 Å². The molecule has 0 bridgehead atoms. The van der Waals surface area contributed by atoms with Gasteiger partial charge in [0.05, 0.1) is 5.41 Å². The average molecular weight is 308 g/mol. The van der Waals surface area contributed by atoms with Gasteiger partial charge >= 0.3 is 5.97 Å². The van der Waals surface area contributed by atoms with E-state index in [1.807, 2.05) is 0 Å². The number of aliphatic carboxylic acids is 1. The Kier molecular flexibility index (Phi) is 3.53. The van der Waals surface area contributed by atoms with Crippen LogP contribution in [0.1, 0.15) is 83.5 Å². The lowest BCUT2D eigenvalue weighted by Crippen LogP contribution is -2.36. The van der Waals surface area contributed by atoms with Crippen LogP contribution in [0.4, 0.5) is 0 Å². The van der Waals surface area contributed by atoms with E-state index < -0.39 is 17.2 Å². The van der Waals surface area contributed by atoms with Crippen molar-refractivity contribution in [2.24, 2.45) is 11.3 Å². The van der Waals surface area contributed by atoms with Gasteiger partial charge in [-0.1, -0.05) is 57.8 Å². The molecule has 4 aliphatic rings. The van der Waals surface area contributed by atoms with Crippen LogP contribution in [0.2, 0.25) is 0 Å². The summed E-state index contributed by atoms with van der Waals surface area (Å²) in [6, 6.07) is 0. The molecule has 4 fully saturated rings. The molecule has 2 saturated heterocycles. The zero-order valence-electron chi connectivity index (χ0n) is 13.4. The lowest BCUT2D eigenvalue weighted by Gasteiger charge is -2.30. The molecule has 4 rings (SSSR count). The summed E-state index contributed by atoms with van der Waals surface area (Å²) in [7, 11) is 0. The van der Waals surface area contributed by atoms with Crippen molar-refractivity contribution in [2.75, 3.05) is 0 Å². The Morgan fingerprint density at radius 2 is 1.77 bits per heavy atom. The third-order valence-electron chi connectivity index (χ3n) is 6.61. The zero-order valence-corrected chi connectivity index (χ0v) is 13.4. The highest BCUT2D eigenvalue weighted by Gasteiger charge is 2.93. The van der Waals surface area contributed by atoms with Crippen LogP contribution in [0.5, 0.6) is 0 Å². The molecule has 4 nitrogen and oxygen atoms in total. The summed E-state index contributed by atoms with van der Waals surface area (Å²) in [6.45, 7) is 0. The summed E-state index contributed by atoms with van der Waals surface area (Å²) >= 11 is 0. The number of hydrogen-bond donors (Lipinski definition) is 1. The van der Waals surface area contributed by atoms with E-state index in [0.29, 0.717) is 12.8 Å². The van der Waals surface area contributed by atoms with Gasteiger partial charge < -0.3 is 14.6 Å². The molecule has 22 heavy (non-hydrogen) atoms. The van der Waals surface area contributed by atoms with Crippen LogP contribution in [0.3, 0.4) is 0 Å². The normalized spacial score (nSPS) is 43.3. The van der Waals surface area contributed by atoms with Gasteiger partial charge in [-0.05, 0) is 18.8 Å². The second kappa shape index (κ2) is 5.20. The number of hydrogen-bond acceptors (Lipinski definition) is 3. The van der Waals surface area contributed by atoms with Crippen LogP contribution in [0, 0.1) is 11.3 Å². The first-order valence-corrected chi connectivity index (χ1v) is 9.24. The minimum absolute atomic E-state index is 0.340. The first-order chi connectivity index (χ1) is 10.6. The molecule has 0 aromatic carbocycles. The summed E-state index contributed by atoms with van der Waals surface area (Å²) in [4.78, 5) is 11.8. The van der Waals surface area contributed by atoms with Crippen molar-refractivity contribution in [3.63, 3.8) is 0 Å². The van der Waals surface area contributed by atoms with E-state index in [9.17, 15) is 9.90 Å². The van der Waals surface area contributed by atoms with E-state index in [4.69, 9.17) is 9.47 Å². The second-order valence-corrected chi connectivity index (χ2v) is 8.08. The summed E-state index contributed by atoms with van der Waals surface area (Å²) in [6.07, 6.45) is 14.7. The van der Waals surface area contributed by atoms with E-state index in [2.05, 4.69) is 0 Å². The van der Waals surface area contributed by atoms with Gasteiger partial charge in [-0.15, -0.1) is 0 Å². The van der Waals surface area contributed by atoms with E-state index in [-0.39, 0.29) is 5.79 Å². The van der Waals surface area contributed by atoms with Gasteiger partial charge in [0, 0.05) is 12.8 Å². The Labute approximate surface area is 132 Å². The van der Waals surface area contributed by atoms with E-state index in [1.165, 1.54) is 51.4 Å². The van der Waals surface area contributed by atoms with Crippen LogP contribution < -0.4 is 0 Å². The highest BCUT2D eigenvalue weighted by Crippen LogP contribution is 2.77. The van der Waals surface area contributed by atoms with E-state index >= 15 is 0 Å². The zero-order chi connectivity index (χ0) is 15.3. The van der Waals surface area contributed by atoms with Crippen LogP contribution in [-0.4, -0.2) is 22.7 Å². The molecule has 1 atom stereocenters. The van der Waals surface area contributed by atoms with Gasteiger partial charge in [-0.2, -0.15) is 0 Å². The van der Waals surface area contributed by atoms with Gasteiger partial charge in [-0.25, -0.2) is 0 Å². The maximum atomic E-state index is 11.8. The minimum Gasteiger partial charge on any atom is -0.481 e. The molecule has 0 radical (unpaired) electrons. The average Bonchev–Trinajstić information content (AvgIpc) is 3.34. The molecule has 1 unspecified atom stereocenters. The van der Waals surface area contributed by atoms with E-state index in [1.54, 1.807) is 0 Å². The number of carbonyl (C=O) groups is 1. The molecule has 4 heteroatoms. The topological polar surface area (TPSA) is 62.4 Å². The largest absolute Gasteiger partial charge is 0.481 e. The Hall–Kier alpha value is -0.610. The smallest absolute Gasteiger partial charge is 0.309 e. The van der Waals surface area contributed by atoms with E-state index in [0.717, 1.165) is 25.2 Å². The quantitative estimate of drug-likeness (QED) is 0.565. The van der Waals surface area contributed by atoms with Crippen LogP contribution in [-0.2, 0) is 14.3 Å². The summed E-state index contributed by atoms with van der Waals surface area (Å²) in [5, 5.41) is 9.70. The molecule has 0 amide bonds. The van der Waals surface area contributed by atoms with Crippen LogP contribution >= 0.6 is 0 Å². The van der Waals surface area contributed by atoms with Gasteiger partial charge in [-0.3, -0.25) is 4.79 Å². The van der Waals surface area contributed by atoms with Gasteiger partial charge in [0.15, 0.2) is 0 Å². The molecule has 2 saturated carbocycles. The fourth-order valence-corrected chi connectivity index (χ4v) is 4.98. The molecule has 2 heterocycles. The monoisotopic (exact) mass is 308 g/mol.